The molecule has 3 aromatic carbocycles. The molecule has 2 heterocycles. The van der Waals surface area contributed by atoms with Gasteiger partial charge in [-0.15, -0.1) is 0 Å². The van der Waals surface area contributed by atoms with E-state index in [0.29, 0.717) is 18.0 Å². The molecule has 0 saturated carbocycles. The zero-order valence-electron chi connectivity index (χ0n) is 18.5. The Bertz CT molecular complexity index is 1390. The number of imidazole rings is 1. The van der Waals surface area contributed by atoms with Gasteiger partial charge in [0.1, 0.15) is 23.9 Å². The Hall–Kier alpha value is -4.12. The number of rotatable bonds is 6. The van der Waals surface area contributed by atoms with Crippen LogP contribution in [0.15, 0.2) is 91.1 Å². The number of aryl methyl sites for hydroxylation is 2. The molecule has 0 bridgehead atoms. The molecule has 164 valence electrons. The predicted molar refractivity (Wildman–Crippen MR) is 131 cm³/mol. The number of para-hydroxylation sites is 1. The van der Waals surface area contributed by atoms with Gasteiger partial charge >= 0.3 is 0 Å². The van der Waals surface area contributed by atoms with Crippen LogP contribution in [0.4, 0.5) is 15.9 Å². The third-order valence-electron chi connectivity index (χ3n) is 5.69. The molecule has 33 heavy (non-hydrogen) atoms. The zero-order valence-corrected chi connectivity index (χ0v) is 18.5. The highest BCUT2D eigenvalue weighted by atomic mass is 19.1. The quantitative estimate of drug-likeness (QED) is 0.308. The van der Waals surface area contributed by atoms with E-state index in [0.717, 1.165) is 39.5 Å². The predicted octanol–water partition coefficient (Wildman–Crippen LogP) is 7.08. The normalized spacial score (nSPS) is 11.0. The number of nitrogens with one attached hydrogen (secondary N) is 1. The number of anilines is 2. The fraction of sp³-hybridized carbons (Fsp3) is 0.107. The SMILES string of the molecule is Cc1cccc(C)c1Nc1c(-c2ccc(F)cc2)nc2c(OCc3ccccc3)cccn12. The van der Waals surface area contributed by atoms with E-state index in [1.165, 1.54) is 12.1 Å². The van der Waals surface area contributed by atoms with Gasteiger partial charge in [0.2, 0.25) is 0 Å². The largest absolute Gasteiger partial charge is 0.485 e. The molecule has 0 spiro atoms. The van der Waals surface area contributed by atoms with Crippen LogP contribution in [0.1, 0.15) is 16.7 Å². The highest BCUT2D eigenvalue weighted by molar-refractivity contribution is 5.82. The number of fused-ring (bicyclic) bond motifs is 1. The van der Waals surface area contributed by atoms with E-state index in [4.69, 9.17) is 9.72 Å². The molecule has 2 aromatic heterocycles. The third-order valence-corrected chi connectivity index (χ3v) is 5.69. The molecule has 0 atom stereocenters. The summed E-state index contributed by atoms with van der Waals surface area (Å²) >= 11 is 0. The minimum atomic E-state index is -0.279. The van der Waals surface area contributed by atoms with E-state index in [-0.39, 0.29) is 5.82 Å². The van der Waals surface area contributed by atoms with E-state index < -0.39 is 0 Å². The zero-order chi connectivity index (χ0) is 22.8. The standard InChI is InChI=1S/C28H24FN3O/c1-19-8-6-9-20(2)25(19)30-28-26(22-13-15-23(29)16-14-22)31-27-24(12-7-17-32(27)28)33-18-21-10-4-3-5-11-21/h3-17,30H,18H2,1-2H3. The lowest BCUT2D eigenvalue weighted by Gasteiger charge is -2.14. The maximum Gasteiger partial charge on any atom is 0.181 e. The van der Waals surface area contributed by atoms with Crippen molar-refractivity contribution in [1.29, 1.82) is 0 Å². The van der Waals surface area contributed by atoms with Crippen molar-refractivity contribution in [1.82, 2.24) is 9.38 Å². The van der Waals surface area contributed by atoms with Gasteiger partial charge in [-0.05, 0) is 66.9 Å². The van der Waals surface area contributed by atoms with Gasteiger partial charge in [-0.1, -0.05) is 48.5 Å². The fourth-order valence-electron chi connectivity index (χ4n) is 3.95. The molecule has 0 unspecified atom stereocenters. The van der Waals surface area contributed by atoms with Gasteiger partial charge in [-0.2, -0.15) is 0 Å². The summed E-state index contributed by atoms with van der Waals surface area (Å²) in [6, 6.07) is 26.5. The van der Waals surface area contributed by atoms with Crippen LogP contribution < -0.4 is 10.1 Å². The molecular formula is C28H24FN3O. The molecule has 0 saturated heterocycles. The molecule has 0 aliphatic heterocycles. The number of ether oxygens (including phenoxy) is 1. The van der Waals surface area contributed by atoms with Gasteiger partial charge < -0.3 is 10.1 Å². The van der Waals surface area contributed by atoms with Crippen LogP contribution in [0.2, 0.25) is 0 Å². The molecule has 5 aromatic rings. The van der Waals surface area contributed by atoms with Crippen LogP contribution in [0.5, 0.6) is 5.75 Å². The molecule has 0 amide bonds. The summed E-state index contributed by atoms with van der Waals surface area (Å²) in [6.07, 6.45) is 1.96. The lowest BCUT2D eigenvalue weighted by Crippen LogP contribution is -2.01. The van der Waals surface area contributed by atoms with E-state index in [9.17, 15) is 4.39 Å². The first kappa shape index (κ1) is 20.8. The molecule has 4 nitrogen and oxygen atoms in total. The maximum absolute atomic E-state index is 13.6. The van der Waals surface area contributed by atoms with Gasteiger partial charge in [0.15, 0.2) is 11.4 Å². The van der Waals surface area contributed by atoms with E-state index in [1.807, 2.05) is 59.1 Å². The molecule has 1 N–H and O–H groups in total. The van der Waals surface area contributed by atoms with Gasteiger partial charge in [0.05, 0.1) is 0 Å². The molecule has 0 aliphatic rings. The number of nitrogens with zero attached hydrogens (tertiary/aromatic N) is 2. The van der Waals surface area contributed by atoms with E-state index in [1.54, 1.807) is 12.1 Å². The Kier molecular flexibility index (Phi) is 5.53. The van der Waals surface area contributed by atoms with Gasteiger partial charge in [0.25, 0.3) is 0 Å². The molecule has 0 fully saturated rings. The van der Waals surface area contributed by atoms with Crippen LogP contribution in [-0.4, -0.2) is 9.38 Å². The molecular weight excluding hydrogens is 413 g/mol. The maximum atomic E-state index is 13.6. The van der Waals surface area contributed by atoms with Crippen molar-refractivity contribution in [2.45, 2.75) is 20.5 Å². The van der Waals surface area contributed by atoms with E-state index in [2.05, 4.69) is 31.3 Å². The number of pyridine rings is 1. The minimum Gasteiger partial charge on any atom is -0.485 e. The second kappa shape index (κ2) is 8.79. The van der Waals surface area contributed by atoms with Gasteiger partial charge in [-0.3, -0.25) is 4.40 Å². The van der Waals surface area contributed by atoms with Crippen LogP contribution in [0.3, 0.4) is 0 Å². The monoisotopic (exact) mass is 437 g/mol. The number of hydrogen-bond donors (Lipinski definition) is 1. The van der Waals surface area contributed by atoms with Crippen molar-refractivity contribution < 1.29 is 9.13 Å². The third kappa shape index (κ3) is 4.17. The van der Waals surface area contributed by atoms with Gasteiger partial charge in [0, 0.05) is 17.4 Å². The first-order chi connectivity index (χ1) is 16.1. The lowest BCUT2D eigenvalue weighted by atomic mass is 10.1. The number of halogens is 1. The summed E-state index contributed by atoms with van der Waals surface area (Å²) in [4.78, 5) is 4.93. The van der Waals surface area contributed by atoms with Crippen molar-refractivity contribution in [2.75, 3.05) is 5.32 Å². The average Bonchev–Trinajstić information content (AvgIpc) is 3.20. The first-order valence-electron chi connectivity index (χ1n) is 10.9. The Labute approximate surface area is 192 Å². The van der Waals surface area contributed by atoms with Crippen molar-refractivity contribution in [3.63, 3.8) is 0 Å². The average molecular weight is 438 g/mol. The summed E-state index contributed by atoms with van der Waals surface area (Å²) in [5, 5.41) is 3.60. The van der Waals surface area contributed by atoms with Crippen molar-refractivity contribution in [3.05, 3.63) is 114 Å². The summed E-state index contributed by atoms with van der Waals surface area (Å²) < 4.78 is 21.8. The topological polar surface area (TPSA) is 38.6 Å². The van der Waals surface area contributed by atoms with Crippen molar-refractivity contribution in [2.24, 2.45) is 0 Å². The molecule has 0 radical (unpaired) electrons. The second-order valence-electron chi connectivity index (χ2n) is 8.05. The molecule has 5 rings (SSSR count). The Balaban J connectivity index is 1.63. The summed E-state index contributed by atoms with van der Waals surface area (Å²) in [5.41, 5.74) is 6.62. The van der Waals surface area contributed by atoms with Crippen molar-refractivity contribution in [3.8, 4) is 17.0 Å². The molecule has 5 heteroatoms. The van der Waals surface area contributed by atoms with Crippen LogP contribution >= 0.6 is 0 Å². The Morgan fingerprint density at radius 1 is 0.848 bits per heavy atom. The highest BCUT2D eigenvalue weighted by Crippen LogP contribution is 2.35. The number of hydrogen-bond acceptors (Lipinski definition) is 3. The Morgan fingerprint density at radius 3 is 2.30 bits per heavy atom. The fourth-order valence-corrected chi connectivity index (χ4v) is 3.95. The van der Waals surface area contributed by atoms with Crippen molar-refractivity contribution >= 4 is 17.2 Å². The second-order valence-corrected chi connectivity index (χ2v) is 8.05. The number of benzene rings is 3. The smallest absolute Gasteiger partial charge is 0.181 e. The minimum absolute atomic E-state index is 0.279. The van der Waals surface area contributed by atoms with Crippen LogP contribution in [0.25, 0.3) is 16.9 Å². The number of aromatic nitrogens is 2. The Morgan fingerprint density at radius 2 is 1.58 bits per heavy atom. The molecule has 0 aliphatic carbocycles. The first-order valence-corrected chi connectivity index (χ1v) is 10.9. The lowest BCUT2D eigenvalue weighted by molar-refractivity contribution is 0.308. The summed E-state index contributed by atoms with van der Waals surface area (Å²) in [5.74, 6) is 1.21. The van der Waals surface area contributed by atoms with Crippen LogP contribution in [-0.2, 0) is 6.61 Å². The van der Waals surface area contributed by atoms with Gasteiger partial charge in [-0.25, -0.2) is 9.37 Å². The highest BCUT2D eigenvalue weighted by Gasteiger charge is 2.18. The van der Waals surface area contributed by atoms with E-state index >= 15 is 0 Å². The summed E-state index contributed by atoms with van der Waals surface area (Å²) in [7, 11) is 0. The van der Waals surface area contributed by atoms with Crippen LogP contribution in [0, 0.1) is 19.7 Å². The summed E-state index contributed by atoms with van der Waals surface area (Å²) in [6.45, 7) is 4.59.